The van der Waals surface area contributed by atoms with Gasteiger partial charge in [0.2, 0.25) is 0 Å². The summed E-state index contributed by atoms with van der Waals surface area (Å²) in [7, 11) is 0. The van der Waals surface area contributed by atoms with Crippen molar-refractivity contribution >= 4 is 22.9 Å². The van der Waals surface area contributed by atoms with E-state index in [0.717, 1.165) is 16.4 Å². The predicted octanol–water partition coefficient (Wildman–Crippen LogP) is 3.15. The lowest BCUT2D eigenvalue weighted by molar-refractivity contribution is 0.450. The minimum Gasteiger partial charge on any atom is -0.326 e. The fraction of sp³-hybridized carbons (Fsp3) is 0.417. The Kier molecular flexibility index (Phi) is 3.56. The van der Waals surface area contributed by atoms with Crippen LogP contribution in [0.1, 0.15) is 29.2 Å². The molecule has 2 rings (SSSR count). The first-order chi connectivity index (χ1) is 8.02. The summed E-state index contributed by atoms with van der Waals surface area (Å²) in [6.07, 6.45) is 0. The van der Waals surface area contributed by atoms with Gasteiger partial charge in [-0.25, -0.2) is 0 Å². The van der Waals surface area contributed by atoms with E-state index in [1.807, 2.05) is 31.5 Å². The van der Waals surface area contributed by atoms with Crippen molar-refractivity contribution in [1.29, 1.82) is 0 Å². The fourth-order valence-corrected chi connectivity index (χ4v) is 3.03. The Hall–Kier alpha value is -0.840. The summed E-state index contributed by atoms with van der Waals surface area (Å²) in [5.41, 5.74) is 7.92. The van der Waals surface area contributed by atoms with Gasteiger partial charge in [0.25, 0.3) is 0 Å². The number of thiophene rings is 1. The van der Waals surface area contributed by atoms with Crippen molar-refractivity contribution in [2.45, 2.75) is 32.9 Å². The Morgan fingerprint density at radius 3 is 2.59 bits per heavy atom. The van der Waals surface area contributed by atoms with Crippen LogP contribution in [0, 0.1) is 13.8 Å². The average molecular weight is 270 g/mol. The highest BCUT2D eigenvalue weighted by Crippen LogP contribution is 2.29. The lowest BCUT2D eigenvalue weighted by atomic mass is 10.1. The fourth-order valence-electron chi connectivity index (χ4n) is 1.98. The number of hydrogen-bond acceptors (Lipinski definition) is 3. The molecule has 0 aliphatic rings. The van der Waals surface area contributed by atoms with Crippen LogP contribution in [0.5, 0.6) is 0 Å². The van der Waals surface area contributed by atoms with Crippen LogP contribution < -0.4 is 5.73 Å². The Morgan fingerprint density at radius 2 is 2.18 bits per heavy atom. The summed E-state index contributed by atoms with van der Waals surface area (Å²) < 4.78 is 1.94. The standard InChI is InChI=1S/C12H16ClN3S/c1-7(14)12(10-5-4-6-17-10)16-9(3)11(13)8(2)15-16/h4-7,12H,14H2,1-3H3. The van der Waals surface area contributed by atoms with E-state index in [1.165, 1.54) is 4.88 Å². The van der Waals surface area contributed by atoms with E-state index >= 15 is 0 Å². The van der Waals surface area contributed by atoms with Gasteiger partial charge >= 0.3 is 0 Å². The second-order valence-corrected chi connectivity index (χ2v) is 5.61. The van der Waals surface area contributed by atoms with Gasteiger partial charge in [-0.3, -0.25) is 4.68 Å². The third-order valence-electron chi connectivity index (χ3n) is 2.83. The molecule has 0 fully saturated rings. The molecule has 92 valence electrons. The highest BCUT2D eigenvalue weighted by atomic mass is 35.5. The van der Waals surface area contributed by atoms with Gasteiger partial charge in [-0.05, 0) is 32.2 Å². The van der Waals surface area contributed by atoms with Crippen LogP contribution in [-0.4, -0.2) is 15.8 Å². The Bertz CT molecular complexity index is 502. The first-order valence-corrected chi connectivity index (χ1v) is 6.78. The second kappa shape index (κ2) is 4.80. The van der Waals surface area contributed by atoms with Crippen molar-refractivity contribution < 1.29 is 0 Å². The molecule has 2 aromatic heterocycles. The molecule has 2 aromatic rings. The SMILES string of the molecule is Cc1nn(C(c2cccs2)C(C)N)c(C)c1Cl. The summed E-state index contributed by atoms with van der Waals surface area (Å²) in [5, 5.41) is 7.28. The maximum atomic E-state index is 6.19. The van der Waals surface area contributed by atoms with E-state index in [2.05, 4.69) is 16.5 Å². The van der Waals surface area contributed by atoms with Crippen molar-refractivity contribution in [3.63, 3.8) is 0 Å². The van der Waals surface area contributed by atoms with Gasteiger partial charge in [0.05, 0.1) is 16.4 Å². The van der Waals surface area contributed by atoms with Crippen LogP contribution >= 0.6 is 22.9 Å². The van der Waals surface area contributed by atoms with E-state index in [4.69, 9.17) is 17.3 Å². The molecule has 0 bridgehead atoms. The van der Waals surface area contributed by atoms with Crippen LogP contribution in [-0.2, 0) is 0 Å². The highest BCUT2D eigenvalue weighted by Gasteiger charge is 2.23. The van der Waals surface area contributed by atoms with Gasteiger partial charge in [-0.2, -0.15) is 5.10 Å². The van der Waals surface area contributed by atoms with Crippen molar-refractivity contribution in [3.05, 3.63) is 38.8 Å². The zero-order valence-corrected chi connectivity index (χ0v) is 11.7. The van der Waals surface area contributed by atoms with E-state index in [0.29, 0.717) is 0 Å². The topological polar surface area (TPSA) is 43.8 Å². The zero-order valence-electron chi connectivity index (χ0n) is 10.1. The van der Waals surface area contributed by atoms with E-state index < -0.39 is 0 Å². The summed E-state index contributed by atoms with van der Waals surface area (Å²) in [6, 6.07) is 4.16. The van der Waals surface area contributed by atoms with Crippen molar-refractivity contribution in [1.82, 2.24) is 9.78 Å². The Labute approximate surface area is 110 Å². The van der Waals surface area contributed by atoms with Crippen molar-refractivity contribution in [2.24, 2.45) is 5.73 Å². The lowest BCUT2D eigenvalue weighted by Crippen LogP contribution is -2.31. The molecular weight excluding hydrogens is 254 g/mol. The number of aryl methyl sites for hydroxylation is 1. The molecule has 0 aromatic carbocycles. The van der Waals surface area contributed by atoms with Gasteiger partial charge in [0.15, 0.2) is 0 Å². The number of nitrogens with zero attached hydrogens (tertiary/aromatic N) is 2. The summed E-state index contributed by atoms with van der Waals surface area (Å²) in [5.74, 6) is 0. The number of aromatic nitrogens is 2. The molecule has 0 aliphatic carbocycles. The first-order valence-electron chi connectivity index (χ1n) is 5.52. The average Bonchev–Trinajstić information content (AvgIpc) is 2.85. The molecule has 0 saturated carbocycles. The number of halogens is 1. The third-order valence-corrected chi connectivity index (χ3v) is 4.32. The van der Waals surface area contributed by atoms with E-state index in [1.54, 1.807) is 11.3 Å². The Morgan fingerprint density at radius 1 is 1.47 bits per heavy atom. The molecule has 2 heterocycles. The normalized spacial score (nSPS) is 14.9. The van der Waals surface area contributed by atoms with Crippen LogP contribution in [0.25, 0.3) is 0 Å². The summed E-state index contributed by atoms with van der Waals surface area (Å²) in [4.78, 5) is 1.21. The summed E-state index contributed by atoms with van der Waals surface area (Å²) >= 11 is 7.88. The van der Waals surface area contributed by atoms with Crippen LogP contribution in [0.4, 0.5) is 0 Å². The smallest absolute Gasteiger partial charge is 0.101 e. The number of hydrogen-bond donors (Lipinski definition) is 1. The third kappa shape index (κ3) is 2.25. The highest BCUT2D eigenvalue weighted by molar-refractivity contribution is 7.10. The molecule has 2 atom stereocenters. The summed E-state index contributed by atoms with van der Waals surface area (Å²) in [6.45, 7) is 5.89. The zero-order chi connectivity index (χ0) is 12.6. The molecule has 17 heavy (non-hydrogen) atoms. The Balaban J connectivity index is 2.51. The number of rotatable bonds is 3. The molecule has 0 radical (unpaired) electrons. The first kappa shape index (κ1) is 12.6. The van der Waals surface area contributed by atoms with Crippen LogP contribution in [0.2, 0.25) is 5.02 Å². The molecule has 0 amide bonds. The van der Waals surface area contributed by atoms with Gasteiger partial charge in [0, 0.05) is 10.9 Å². The maximum Gasteiger partial charge on any atom is 0.101 e. The minimum absolute atomic E-state index is 0.0114. The molecule has 0 aliphatic heterocycles. The molecule has 2 N–H and O–H groups in total. The molecule has 0 spiro atoms. The largest absolute Gasteiger partial charge is 0.326 e. The minimum atomic E-state index is -0.0114. The van der Waals surface area contributed by atoms with Gasteiger partial charge < -0.3 is 5.73 Å². The number of nitrogens with two attached hydrogens (primary N) is 1. The molecule has 5 heteroatoms. The second-order valence-electron chi connectivity index (χ2n) is 4.25. The van der Waals surface area contributed by atoms with Gasteiger partial charge in [0.1, 0.15) is 6.04 Å². The molecule has 2 unspecified atom stereocenters. The van der Waals surface area contributed by atoms with E-state index in [-0.39, 0.29) is 12.1 Å². The molecule has 3 nitrogen and oxygen atoms in total. The molecular formula is C12H16ClN3S. The van der Waals surface area contributed by atoms with Gasteiger partial charge in [-0.1, -0.05) is 17.7 Å². The van der Waals surface area contributed by atoms with Crippen LogP contribution in [0.3, 0.4) is 0 Å². The van der Waals surface area contributed by atoms with Gasteiger partial charge in [-0.15, -0.1) is 11.3 Å². The maximum absolute atomic E-state index is 6.19. The van der Waals surface area contributed by atoms with Crippen molar-refractivity contribution in [2.75, 3.05) is 0 Å². The monoisotopic (exact) mass is 269 g/mol. The van der Waals surface area contributed by atoms with E-state index in [9.17, 15) is 0 Å². The quantitative estimate of drug-likeness (QED) is 0.930. The predicted molar refractivity (Wildman–Crippen MR) is 72.8 cm³/mol. The van der Waals surface area contributed by atoms with Crippen molar-refractivity contribution in [3.8, 4) is 0 Å². The van der Waals surface area contributed by atoms with Crippen LogP contribution in [0.15, 0.2) is 17.5 Å². The lowest BCUT2D eigenvalue weighted by Gasteiger charge is -2.21. The molecule has 0 saturated heterocycles.